The van der Waals surface area contributed by atoms with Crippen molar-refractivity contribution in [3.8, 4) is 5.69 Å². The van der Waals surface area contributed by atoms with E-state index in [4.69, 9.17) is 4.74 Å². The first kappa shape index (κ1) is 21.8. The van der Waals surface area contributed by atoms with Gasteiger partial charge in [0.25, 0.3) is 0 Å². The Labute approximate surface area is 194 Å². The number of hydrogen-bond acceptors (Lipinski definition) is 6. The Hall–Kier alpha value is -2.06. The molecule has 0 spiro atoms. The number of amides is 1. The molecule has 2 aromatic rings. The predicted octanol–water partition coefficient (Wildman–Crippen LogP) is 3.53. The summed E-state index contributed by atoms with van der Waals surface area (Å²) in [5, 5.41) is 12.8. The summed E-state index contributed by atoms with van der Waals surface area (Å²) in [5.41, 5.74) is 1.00. The SMILES string of the molecule is CC(Sc1nnc(N2CCOCC2)n1-c1ccccc1)C(=O)NC(C)C1CC2CCC1C2. The summed E-state index contributed by atoms with van der Waals surface area (Å²) < 4.78 is 7.58. The van der Waals surface area contributed by atoms with E-state index in [2.05, 4.69) is 44.0 Å². The highest BCUT2D eigenvalue weighted by molar-refractivity contribution is 8.00. The number of aromatic nitrogens is 3. The Morgan fingerprint density at radius 1 is 1.12 bits per heavy atom. The normalized spacial score (nSPS) is 26.8. The second-order valence-corrected chi connectivity index (χ2v) is 10.8. The molecular formula is C24H33N5O2S. The van der Waals surface area contributed by atoms with E-state index in [0.29, 0.717) is 19.1 Å². The number of thioether (sulfide) groups is 1. The Bertz CT molecular complexity index is 930. The summed E-state index contributed by atoms with van der Waals surface area (Å²) in [6.45, 7) is 7.09. The Morgan fingerprint density at radius 3 is 2.59 bits per heavy atom. The van der Waals surface area contributed by atoms with Crippen LogP contribution in [0, 0.1) is 17.8 Å². The summed E-state index contributed by atoms with van der Waals surface area (Å²) in [6, 6.07) is 10.4. The molecule has 1 saturated heterocycles. The van der Waals surface area contributed by atoms with Crippen molar-refractivity contribution in [1.82, 2.24) is 20.1 Å². The minimum absolute atomic E-state index is 0.0841. The van der Waals surface area contributed by atoms with Gasteiger partial charge < -0.3 is 15.0 Å². The van der Waals surface area contributed by atoms with E-state index in [9.17, 15) is 4.79 Å². The van der Waals surface area contributed by atoms with Crippen molar-refractivity contribution in [2.24, 2.45) is 17.8 Å². The van der Waals surface area contributed by atoms with Crippen LogP contribution in [0.1, 0.15) is 39.5 Å². The summed E-state index contributed by atoms with van der Waals surface area (Å²) >= 11 is 1.48. The molecule has 32 heavy (non-hydrogen) atoms. The van der Waals surface area contributed by atoms with Crippen LogP contribution < -0.4 is 10.2 Å². The van der Waals surface area contributed by atoms with Gasteiger partial charge in [0.2, 0.25) is 11.9 Å². The highest BCUT2D eigenvalue weighted by Crippen LogP contribution is 2.49. The molecule has 2 saturated carbocycles. The molecule has 1 aromatic carbocycles. The van der Waals surface area contributed by atoms with Crippen LogP contribution in [0.15, 0.2) is 35.5 Å². The molecule has 5 rings (SSSR count). The number of carbonyl (C=O) groups excluding carboxylic acids is 1. The Balaban J connectivity index is 1.30. The number of benzene rings is 1. The lowest BCUT2D eigenvalue weighted by Gasteiger charge is -2.29. The maximum Gasteiger partial charge on any atom is 0.233 e. The first-order chi connectivity index (χ1) is 15.6. The third-order valence-electron chi connectivity index (χ3n) is 7.38. The van der Waals surface area contributed by atoms with Gasteiger partial charge in [-0.05, 0) is 63.0 Å². The van der Waals surface area contributed by atoms with E-state index >= 15 is 0 Å². The Kier molecular flexibility index (Phi) is 6.42. The fourth-order valence-electron chi connectivity index (χ4n) is 5.68. The van der Waals surface area contributed by atoms with Gasteiger partial charge in [0.1, 0.15) is 0 Å². The van der Waals surface area contributed by atoms with Gasteiger partial charge in [-0.25, -0.2) is 0 Å². The fourth-order valence-corrected chi connectivity index (χ4v) is 6.55. The van der Waals surface area contributed by atoms with Crippen LogP contribution in [-0.2, 0) is 9.53 Å². The molecule has 5 atom stereocenters. The van der Waals surface area contributed by atoms with Crippen LogP contribution in [0.25, 0.3) is 5.69 Å². The van der Waals surface area contributed by atoms with E-state index in [-0.39, 0.29) is 17.2 Å². The summed E-state index contributed by atoms with van der Waals surface area (Å²) in [5.74, 6) is 3.22. The van der Waals surface area contributed by atoms with E-state index in [1.807, 2.05) is 25.1 Å². The number of fused-ring (bicyclic) bond motifs is 2. The van der Waals surface area contributed by atoms with Gasteiger partial charge in [0.05, 0.1) is 24.2 Å². The summed E-state index contributed by atoms with van der Waals surface area (Å²) in [6.07, 6.45) is 5.36. The summed E-state index contributed by atoms with van der Waals surface area (Å²) in [7, 11) is 0. The highest BCUT2D eigenvalue weighted by atomic mass is 32.2. The van der Waals surface area contributed by atoms with Crippen molar-refractivity contribution in [3.63, 3.8) is 0 Å². The van der Waals surface area contributed by atoms with Crippen LogP contribution in [0.2, 0.25) is 0 Å². The number of anilines is 1. The first-order valence-electron chi connectivity index (χ1n) is 11.9. The zero-order valence-corrected chi connectivity index (χ0v) is 19.8. The van der Waals surface area contributed by atoms with Crippen LogP contribution in [0.3, 0.4) is 0 Å². The van der Waals surface area contributed by atoms with E-state index in [1.54, 1.807) is 0 Å². The molecule has 1 amide bonds. The number of hydrogen-bond donors (Lipinski definition) is 1. The molecule has 7 nitrogen and oxygen atoms in total. The number of nitrogens with one attached hydrogen (secondary N) is 1. The molecule has 1 N–H and O–H groups in total. The van der Waals surface area contributed by atoms with E-state index in [1.165, 1.54) is 37.4 Å². The zero-order chi connectivity index (χ0) is 22.1. The molecule has 8 heteroatoms. The topological polar surface area (TPSA) is 72.3 Å². The second-order valence-electron chi connectivity index (χ2n) is 9.45. The van der Waals surface area contributed by atoms with Crippen LogP contribution in [-0.4, -0.2) is 58.3 Å². The Morgan fingerprint density at radius 2 is 1.91 bits per heavy atom. The predicted molar refractivity (Wildman–Crippen MR) is 126 cm³/mol. The highest BCUT2D eigenvalue weighted by Gasteiger charge is 2.42. The summed E-state index contributed by atoms with van der Waals surface area (Å²) in [4.78, 5) is 15.3. The van der Waals surface area contributed by atoms with Gasteiger partial charge in [-0.15, -0.1) is 10.2 Å². The van der Waals surface area contributed by atoms with Gasteiger partial charge in [0, 0.05) is 19.1 Å². The van der Waals surface area contributed by atoms with Crippen molar-refractivity contribution in [3.05, 3.63) is 30.3 Å². The quantitative estimate of drug-likeness (QED) is 0.644. The fraction of sp³-hybridized carbons (Fsp3) is 0.625. The largest absolute Gasteiger partial charge is 0.378 e. The molecule has 2 bridgehead atoms. The van der Waals surface area contributed by atoms with Crippen molar-refractivity contribution in [1.29, 1.82) is 0 Å². The average Bonchev–Trinajstić information content (AvgIpc) is 3.56. The smallest absolute Gasteiger partial charge is 0.233 e. The van der Waals surface area contributed by atoms with Gasteiger partial charge >= 0.3 is 0 Å². The molecular weight excluding hydrogens is 422 g/mol. The number of morpholine rings is 1. The standard InChI is InChI=1S/C24H33N5O2S/c1-16(21-15-18-8-9-19(21)14-18)25-22(30)17(2)32-24-27-26-23(28-10-12-31-13-11-28)29(24)20-6-4-3-5-7-20/h3-7,16-19,21H,8-15H2,1-2H3,(H,25,30). The van der Waals surface area contributed by atoms with Crippen molar-refractivity contribution < 1.29 is 9.53 Å². The molecule has 1 aliphatic heterocycles. The van der Waals surface area contributed by atoms with Crippen LogP contribution in [0.5, 0.6) is 0 Å². The first-order valence-corrected chi connectivity index (χ1v) is 12.8. The monoisotopic (exact) mass is 455 g/mol. The second kappa shape index (κ2) is 9.43. The number of nitrogens with zero attached hydrogens (tertiary/aromatic N) is 4. The van der Waals surface area contributed by atoms with Crippen molar-refractivity contribution in [2.75, 3.05) is 31.2 Å². The molecule has 3 aliphatic rings. The third-order valence-corrected chi connectivity index (χ3v) is 8.42. The van der Waals surface area contributed by atoms with Gasteiger partial charge in [-0.1, -0.05) is 36.4 Å². The third kappa shape index (κ3) is 4.39. The lowest BCUT2D eigenvalue weighted by molar-refractivity contribution is -0.121. The van der Waals surface area contributed by atoms with Crippen molar-refractivity contribution >= 4 is 23.6 Å². The molecule has 5 unspecified atom stereocenters. The molecule has 172 valence electrons. The molecule has 3 fully saturated rings. The molecule has 1 aromatic heterocycles. The zero-order valence-electron chi connectivity index (χ0n) is 18.9. The van der Waals surface area contributed by atoms with Crippen LogP contribution >= 0.6 is 11.8 Å². The van der Waals surface area contributed by atoms with Crippen LogP contribution in [0.4, 0.5) is 5.95 Å². The number of carbonyl (C=O) groups is 1. The lowest BCUT2D eigenvalue weighted by atomic mass is 9.84. The minimum Gasteiger partial charge on any atom is -0.378 e. The minimum atomic E-state index is -0.250. The van der Waals surface area contributed by atoms with Gasteiger partial charge in [0.15, 0.2) is 5.16 Å². The molecule has 2 aliphatic carbocycles. The van der Waals surface area contributed by atoms with E-state index in [0.717, 1.165) is 41.7 Å². The number of para-hydroxylation sites is 1. The average molecular weight is 456 g/mol. The van der Waals surface area contributed by atoms with Gasteiger partial charge in [-0.2, -0.15) is 0 Å². The lowest BCUT2D eigenvalue weighted by Crippen LogP contribution is -2.43. The maximum atomic E-state index is 13.1. The van der Waals surface area contributed by atoms with Gasteiger partial charge in [-0.3, -0.25) is 9.36 Å². The van der Waals surface area contributed by atoms with Crippen molar-refractivity contribution in [2.45, 2.75) is 56.0 Å². The molecule has 2 heterocycles. The van der Waals surface area contributed by atoms with E-state index < -0.39 is 0 Å². The molecule has 0 radical (unpaired) electrons. The number of rotatable bonds is 7. The number of ether oxygens (including phenoxy) is 1. The maximum absolute atomic E-state index is 13.1.